The zero-order valence-corrected chi connectivity index (χ0v) is 12.6. The van der Waals surface area contributed by atoms with Crippen molar-refractivity contribution < 1.29 is 29.7 Å². The summed E-state index contributed by atoms with van der Waals surface area (Å²) in [6, 6.07) is 0. The van der Waals surface area contributed by atoms with Crippen molar-refractivity contribution in [3.8, 4) is 0 Å². The average molecular weight is 299 g/mol. The van der Waals surface area contributed by atoms with Crippen LogP contribution in [0, 0.1) is 35.5 Å². The van der Waals surface area contributed by atoms with Crippen LogP contribution in [-0.2, 0) is 14.4 Å². The second kappa shape index (κ2) is 6.45. The lowest BCUT2D eigenvalue weighted by Crippen LogP contribution is -2.47. The van der Waals surface area contributed by atoms with E-state index in [1.807, 2.05) is 6.42 Å². The predicted octanol–water partition coefficient (Wildman–Crippen LogP) is 2.14. The third-order valence-corrected chi connectivity index (χ3v) is 5.20. The van der Waals surface area contributed by atoms with Crippen LogP contribution in [0.3, 0.4) is 0 Å². The van der Waals surface area contributed by atoms with Crippen molar-refractivity contribution in [2.75, 3.05) is 0 Å². The van der Waals surface area contributed by atoms with E-state index in [2.05, 4.69) is 0 Å². The molecule has 0 aliphatic heterocycles. The minimum Gasteiger partial charge on any atom is -0.481 e. The van der Waals surface area contributed by atoms with Crippen LogP contribution in [0.4, 0.5) is 0 Å². The van der Waals surface area contributed by atoms with E-state index in [1.54, 1.807) is 6.92 Å². The number of rotatable bonds is 6. The first-order chi connectivity index (χ1) is 9.63. The van der Waals surface area contributed by atoms with E-state index in [-0.39, 0.29) is 5.92 Å². The minimum atomic E-state index is -1.04. The summed E-state index contributed by atoms with van der Waals surface area (Å²) in [7, 11) is 0. The number of hydrogen-bond acceptors (Lipinski definition) is 3. The van der Waals surface area contributed by atoms with E-state index in [0.717, 1.165) is 0 Å². The van der Waals surface area contributed by atoms with Gasteiger partial charge in [0.2, 0.25) is 0 Å². The zero-order valence-electron chi connectivity index (χ0n) is 12.6. The van der Waals surface area contributed by atoms with Gasteiger partial charge in [0.15, 0.2) is 0 Å². The molecule has 6 heteroatoms. The molecule has 1 radical (unpaired) electrons. The monoisotopic (exact) mass is 299 g/mol. The van der Waals surface area contributed by atoms with Crippen LogP contribution in [0.2, 0.25) is 0 Å². The van der Waals surface area contributed by atoms with Crippen LogP contribution in [0.25, 0.3) is 0 Å². The largest absolute Gasteiger partial charge is 0.481 e. The van der Waals surface area contributed by atoms with Crippen LogP contribution in [-0.4, -0.2) is 33.2 Å². The van der Waals surface area contributed by atoms with E-state index in [1.165, 1.54) is 13.8 Å². The maximum Gasteiger partial charge on any atom is 0.306 e. The van der Waals surface area contributed by atoms with Gasteiger partial charge in [-0.15, -0.1) is 0 Å². The van der Waals surface area contributed by atoms with Crippen LogP contribution in [0.5, 0.6) is 0 Å². The maximum atomic E-state index is 11.4. The van der Waals surface area contributed by atoms with Crippen LogP contribution in [0.1, 0.15) is 40.0 Å². The Bertz CT molecular complexity index is 410. The van der Waals surface area contributed by atoms with Crippen LogP contribution in [0.15, 0.2) is 0 Å². The Morgan fingerprint density at radius 2 is 1.48 bits per heavy atom. The van der Waals surface area contributed by atoms with Gasteiger partial charge in [-0.3, -0.25) is 14.4 Å². The highest BCUT2D eigenvalue weighted by molar-refractivity contribution is 5.75. The molecule has 6 nitrogen and oxygen atoms in total. The molecule has 21 heavy (non-hydrogen) atoms. The fourth-order valence-electron chi connectivity index (χ4n) is 3.38. The number of aliphatic carboxylic acids is 3. The van der Waals surface area contributed by atoms with Crippen molar-refractivity contribution in [1.82, 2.24) is 0 Å². The van der Waals surface area contributed by atoms with Gasteiger partial charge < -0.3 is 15.3 Å². The lowest BCUT2D eigenvalue weighted by molar-refractivity contribution is -0.158. The first kappa shape index (κ1) is 17.5. The molecule has 119 valence electrons. The standard InChI is InChI=1S/C15H23O6/c1-8(12(16)17)11-5-4-6-15(7-11,9(2)13(18)19)10(3)14(20)21/h4,8-11H,5-7H2,1-3H3,(H,16,17)(H,18,19)(H,20,21). The summed E-state index contributed by atoms with van der Waals surface area (Å²) >= 11 is 0. The highest BCUT2D eigenvalue weighted by Gasteiger charge is 2.51. The fourth-order valence-corrected chi connectivity index (χ4v) is 3.38. The van der Waals surface area contributed by atoms with Gasteiger partial charge in [0.25, 0.3) is 0 Å². The molecule has 0 bridgehead atoms. The lowest BCUT2D eigenvalue weighted by atomic mass is 9.56. The SMILES string of the molecule is CC(C(=O)O)C1C[CH]CC(C(C)C(=O)O)(C(C)C(=O)O)C1. The first-order valence-corrected chi connectivity index (χ1v) is 7.13. The highest BCUT2D eigenvalue weighted by Crippen LogP contribution is 2.51. The normalized spacial score (nSPS) is 30.1. The minimum absolute atomic E-state index is 0.236. The second-order valence-electron chi connectivity index (χ2n) is 6.17. The van der Waals surface area contributed by atoms with Crippen molar-refractivity contribution >= 4 is 17.9 Å². The Morgan fingerprint density at radius 3 is 1.86 bits per heavy atom. The van der Waals surface area contributed by atoms with Gasteiger partial charge in [0, 0.05) is 0 Å². The molecule has 0 saturated heterocycles. The Balaban J connectivity index is 3.15. The van der Waals surface area contributed by atoms with Crippen LogP contribution < -0.4 is 0 Å². The van der Waals surface area contributed by atoms with E-state index < -0.39 is 41.1 Å². The van der Waals surface area contributed by atoms with Gasteiger partial charge in [0.1, 0.15) is 0 Å². The third kappa shape index (κ3) is 3.36. The molecule has 0 spiro atoms. The van der Waals surface area contributed by atoms with Gasteiger partial charge >= 0.3 is 17.9 Å². The molecule has 0 heterocycles. The maximum absolute atomic E-state index is 11.4. The number of carboxylic acid groups (broad SMARTS) is 3. The predicted molar refractivity (Wildman–Crippen MR) is 74.5 cm³/mol. The fraction of sp³-hybridized carbons (Fsp3) is 0.733. The molecule has 1 aliphatic carbocycles. The van der Waals surface area contributed by atoms with Gasteiger partial charge in [-0.05, 0) is 37.0 Å². The number of carbonyl (C=O) groups is 3. The molecule has 1 fully saturated rings. The molecule has 3 N–H and O–H groups in total. The molecule has 4 atom stereocenters. The molecule has 0 aromatic rings. The molecule has 1 rings (SSSR count). The zero-order chi connectivity index (χ0) is 16.4. The summed E-state index contributed by atoms with van der Waals surface area (Å²) in [5.74, 6) is -5.56. The summed E-state index contributed by atoms with van der Waals surface area (Å²) in [5, 5.41) is 27.8. The molecule has 4 unspecified atom stereocenters. The van der Waals surface area contributed by atoms with Gasteiger partial charge in [-0.25, -0.2) is 0 Å². The summed E-state index contributed by atoms with van der Waals surface area (Å²) < 4.78 is 0. The van der Waals surface area contributed by atoms with Gasteiger partial charge in [0.05, 0.1) is 17.8 Å². The van der Waals surface area contributed by atoms with Crippen molar-refractivity contribution in [3.63, 3.8) is 0 Å². The molecule has 0 amide bonds. The molecular weight excluding hydrogens is 276 g/mol. The van der Waals surface area contributed by atoms with Gasteiger partial charge in [-0.2, -0.15) is 0 Å². The molecular formula is C15H23O6. The van der Waals surface area contributed by atoms with Crippen molar-refractivity contribution in [1.29, 1.82) is 0 Å². The Hall–Kier alpha value is -1.59. The first-order valence-electron chi connectivity index (χ1n) is 7.13. The van der Waals surface area contributed by atoms with Gasteiger partial charge in [-0.1, -0.05) is 20.8 Å². The van der Waals surface area contributed by atoms with Crippen LogP contribution >= 0.6 is 0 Å². The van der Waals surface area contributed by atoms with E-state index in [9.17, 15) is 24.6 Å². The quantitative estimate of drug-likeness (QED) is 0.692. The summed E-state index contributed by atoms with van der Waals surface area (Å²) in [4.78, 5) is 34.0. The topological polar surface area (TPSA) is 112 Å². The van der Waals surface area contributed by atoms with Crippen molar-refractivity contribution in [3.05, 3.63) is 6.42 Å². The Labute approximate surface area is 124 Å². The molecule has 1 saturated carbocycles. The van der Waals surface area contributed by atoms with Crippen molar-refractivity contribution in [2.24, 2.45) is 29.1 Å². The average Bonchev–Trinajstić information content (AvgIpc) is 2.44. The lowest BCUT2D eigenvalue weighted by Gasteiger charge is -2.47. The van der Waals surface area contributed by atoms with Crippen molar-refractivity contribution in [2.45, 2.75) is 40.0 Å². The summed E-state index contributed by atoms with van der Waals surface area (Å²) in [5.41, 5.74) is -0.940. The molecule has 0 aromatic carbocycles. The Kier molecular flexibility index (Phi) is 5.36. The smallest absolute Gasteiger partial charge is 0.306 e. The highest BCUT2D eigenvalue weighted by atomic mass is 16.4. The summed E-state index contributed by atoms with van der Waals surface area (Å²) in [6.07, 6.45) is 3.12. The van der Waals surface area contributed by atoms with E-state index in [0.29, 0.717) is 19.3 Å². The third-order valence-electron chi connectivity index (χ3n) is 5.20. The molecule has 1 aliphatic rings. The number of hydrogen-bond donors (Lipinski definition) is 3. The second-order valence-corrected chi connectivity index (χ2v) is 6.17. The van der Waals surface area contributed by atoms with E-state index >= 15 is 0 Å². The number of carboxylic acids is 3. The molecule has 0 aromatic heterocycles. The Morgan fingerprint density at radius 1 is 1.00 bits per heavy atom. The summed E-state index contributed by atoms with van der Waals surface area (Å²) in [6.45, 7) is 4.63. The van der Waals surface area contributed by atoms with E-state index in [4.69, 9.17) is 5.11 Å².